The third-order valence-corrected chi connectivity index (χ3v) is 7.20. The quantitative estimate of drug-likeness (QED) is 0.0397. The molecule has 4 rings (SSSR count). The topological polar surface area (TPSA) is 258 Å². The molecule has 2 heterocycles. The van der Waals surface area contributed by atoms with Crippen LogP contribution in [0.3, 0.4) is 0 Å². The second-order valence-corrected chi connectivity index (χ2v) is 11.0. The van der Waals surface area contributed by atoms with Gasteiger partial charge in [-0.05, 0) is 36.4 Å². The fraction of sp³-hybridized carbons (Fsp3) is 0. The molecule has 0 unspecified atom stereocenters. The summed E-state index contributed by atoms with van der Waals surface area (Å²) in [6.45, 7) is 0. The number of carbonyl (C=O) groups excluding carboxylic acids is 2. The molecule has 0 saturated heterocycles. The van der Waals surface area contributed by atoms with E-state index in [-0.39, 0.29) is 62.5 Å². The first-order valence-electron chi connectivity index (χ1n) is 11.3. The SMILES string of the molecule is O=C(/C=C/C(=O)N/N=C/c1cc(S(=O)(=O)O)c2cccnc2c1O)N/N=C/c1cc(S(=O)(=O)O)c2cccnc2c1O.[Na+]. The molecule has 0 aliphatic carbocycles. The number of aromatic hydroxyl groups is 2. The Morgan fingerprint density at radius 1 is 0.721 bits per heavy atom. The molecule has 0 saturated carbocycles. The molecule has 43 heavy (non-hydrogen) atoms. The molecular weight excluding hydrogens is 619 g/mol. The standard InChI is InChI=1S/C24H18N6O10S2.Na/c31-19(29-27-11-13-9-17(41(35,36)37)15-3-1-7-25-21(15)23(13)33)5-6-20(32)30-28-12-14-10-18(42(38,39)40)16-4-2-8-26-22(16)24(14)34;/h1-12,33-34H,(H,29,31)(H,30,32)(H,35,36,37)(H,38,39,40);/q;+1/b6-5+,27-11+,28-12+;. The number of hydrogen-bond donors (Lipinski definition) is 6. The molecule has 2 aromatic heterocycles. The van der Waals surface area contributed by atoms with Gasteiger partial charge in [-0.3, -0.25) is 28.7 Å². The summed E-state index contributed by atoms with van der Waals surface area (Å²) in [5, 5.41) is 27.8. The monoisotopic (exact) mass is 637 g/mol. The summed E-state index contributed by atoms with van der Waals surface area (Å²) < 4.78 is 66.0. The van der Waals surface area contributed by atoms with E-state index in [9.17, 15) is 45.7 Å². The fourth-order valence-electron chi connectivity index (χ4n) is 3.61. The third-order valence-electron chi connectivity index (χ3n) is 5.41. The largest absolute Gasteiger partial charge is 1.00 e. The molecule has 19 heteroatoms. The minimum atomic E-state index is -4.70. The Kier molecular flexibility index (Phi) is 10.3. The summed E-state index contributed by atoms with van der Waals surface area (Å²) in [6.07, 6.45) is 5.86. The number of aromatic nitrogens is 2. The van der Waals surface area contributed by atoms with Crippen LogP contribution in [0.15, 0.2) is 80.9 Å². The molecule has 0 aliphatic heterocycles. The average Bonchev–Trinajstić information content (AvgIpc) is 2.93. The second-order valence-electron chi connectivity index (χ2n) is 8.18. The summed E-state index contributed by atoms with van der Waals surface area (Å²) >= 11 is 0. The molecule has 0 radical (unpaired) electrons. The van der Waals surface area contributed by atoms with Crippen LogP contribution in [0, 0.1) is 0 Å². The van der Waals surface area contributed by atoms with Crippen LogP contribution < -0.4 is 40.4 Å². The number of rotatable bonds is 8. The van der Waals surface area contributed by atoms with Gasteiger partial charge in [-0.2, -0.15) is 27.0 Å². The van der Waals surface area contributed by atoms with E-state index in [4.69, 9.17) is 0 Å². The van der Waals surface area contributed by atoms with Crippen LogP contribution >= 0.6 is 0 Å². The van der Waals surface area contributed by atoms with Crippen LogP contribution in [0.5, 0.6) is 11.5 Å². The molecule has 2 amide bonds. The van der Waals surface area contributed by atoms with Crippen molar-refractivity contribution in [2.75, 3.05) is 0 Å². The fourth-order valence-corrected chi connectivity index (χ4v) is 5.05. The van der Waals surface area contributed by atoms with E-state index in [0.717, 1.165) is 36.7 Å². The van der Waals surface area contributed by atoms with Crippen molar-refractivity contribution < 1.29 is 75.3 Å². The van der Waals surface area contributed by atoms with Crippen LogP contribution in [0.2, 0.25) is 0 Å². The molecular formula is C24H18N6NaO10S2+. The van der Waals surface area contributed by atoms with Crippen molar-refractivity contribution in [1.29, 1.82) is 0 Å². The maximum Gasteiger partial charge on any atom is 1.00 e. The molecule has 0 fully saturated rings. The minimum absolute atomic E-state index is 0. The molecule has 0 bridgehead atoms. The van der Waals surface area contributed by atoms with Gasteiger partial charge in [-0.15, -0.1) is 0 Å². The number of pyridine rings is 2. The molecule has 4 aromatic rings. The van der Waals surface area contributed by atoms with Crippen molar-refractivity contribution in [3.63, 3.8) is 0 Å². The van der Waals surface area contributed by atoms with E-state index in [0.29, 0.717) is 0 Å². The number of nitrogens with one attached hydrogen (secondary N) is 2. The molecule has 16 nitrogen and oxygen atoms in total. The summed E-state index contributed by atoms with van der Waals surface area (Å²) in [5.41, 5.74) is 3.34. The summed E-state index contributed by atoms with van der Waals surface area (Å²) in [4.78, 5) is 30.7. The molecule has 2 aromatic carbocycles. The number of amides is 2. The number of phenolic OH excluding ortho intramolecular Hbond substituents is 2. The number of benzene rings is 2. The minimum Gasteiger partial charge on any atom is -0.505 e. The number of hydrogen-bond acceptors (Lipinski definition) is 12. The average molecular weight is 638 g/mol. The van der Waals surface area contributed by atoms with E-state index < -0.39 is 53.3 Å². The van der Waals surface area contributed by atoms with Gasteiger partial charge in [0.25, 0.3) is 32.1 Å². The third kappa shape index (κ3) is 7.76. The second kappa shape index (κ2) is 13.3. The van der Waals surface area contributed by atoms with Gasteiger partial charge in [-0.1, -0.05) is 0 Å². The van der Waals surface area contributed by atoms with Crippen LogP contribution in [0.25, 0.3) is 21.8 Å². The van der Waals surface area contributed by atoms with Gasteiger partial charge in [0.05, 0.1) is 12.4 Å². The molecule has 216 valence electrons. The van der Waals surface area contributed by atoms with Gasteiger partial charge in [0.2, 0.25) is 0 Å². The van der Waals surface area contributed by atoms with Crippen molar-refractivity contribution in [2.45, 2.75) is 9.79 Å². The zero-order chi connectivity index (χ0) is 30.7. The van der Waals surface area contributed by atoms with Gasteiger partial charge >= 0.3 is 29.6 Å². The first kappa shape index (κ1) is 33.2. The smallest absolute Gasteiger partial charge is 0.505 e. The number of fused-ring (bicyclic) bond motifs is 2. The normalized spacial score (nSPS) is 12.2. The summed E-state index contributed by atoms with van der Waals surface area (Å²) in [7, 11) is -9.39. The van der Waals surface area contributed by atoms with Gasteiger partial charge < -0.3 is 10.2 Å². The van der Waals surface area contributed by atoms with Crippen molar-refractivity contribution in [3.8, 4) is 11.5 Å². The predicted octanol–water partition coefficient (Wildman–Crippen LogP) is -2.15. The van der Waals surface area contributed by atoms with E-state index in [1.165, 1.54) is 36.7 Å². The Bertz CT molecular complexity index is 1920. The van der Waals surface area contributed by atoms with Gasteiger partial charge in [0, 0.05) is 46.4 Å². The molecule has 0 aliphatic rings. The Labute approximate surface area is 264 Å². The number of phenols is 2. The molecule has 6 N–H and O–H groups in total. The number of carbonyl (C=O) groups is 2. The van der Waals surface area contributed by atoms with Crippen molar-refractivity contribution in [3.05, 3.63) is 72.1 Å². The zero-order valence-electron chi connectivity index (χ0n) is 21.8. The van der Waals surface area contributed by atoms with Gasteiger partial charge in [0.1, 0.15) is 20.8 Å². The Balaban J connectivity index is 0.00000506. The molecule has 0 atom stereocenters. The van der Waals surface area contributed by atoms with Crippen LogP contribution in [-0.2, 0) is 29.8 Å². The first-order valence-corrected chi connectivity index (χ1v) is 14.2. The van der Waals surface area contributed by atoms with E-state index >= 15 is 0 Å². The van der Waals surface area contributed by atoms with Gasteiger partial charge in [0.15, 0.2) is 11.5 Å². The van der Waals surface area contributed by atoms with E-state index in [1.54, 1.807) is 0 Å². The van der Waals surface area contributed by atoms with Crippen molar-refractivity contribution >= 4 is 66.3 Å². The Morgan fingerprint density at radius 2 is 1.09 bits per heavy atom. The van der Waals surface area contributed by atoms with Crippen LogP contribution in [0.1, 0.15) is 11.1 Å². The molecule has 0 spiro atoms. The maximum absolute atomic E-state index is 12.0. The van der Waals surface area contributed by atoms with Gasteiger partial charge in [-0.25, -0.2) is 10.9 Å². The zero-order valence-corrected chi connectivity index (χ0v) is 25.4. The van der Waals surface area contributed by atoms with Crippen LogP contribution in [-0.4, -0.2) is 70.4 Å². The maximum atomic E-state index is 12.0. The Morgan fingerprint density at radius 3 is 1.44 bits per heavy atom. The number of hydrazone groups is 2. The first-order chi connectivity index (χ1) is 19.8. The summed E-state index contributed by atoms with van der Waals surface area (Å²) in [6, 6.07) is 7.31. The predicted molar refractivity (Wildman–Crippen MR) is 147 cm³/mol. The van der Waals surface area contributed by atoms with Crippen molar-refractivity contribution in [1.82, 2.24) is 20.8 Å². The van der Waals surface area contributed by atoms with Crippen LogP contribution in [0.4, 0.5) is 0 Å². The van der Waals surface area contributed by atoms with E-state index in [2.05, 4.69) is 20.2 Å². The number of nitrogens with zero attached hydrogens (tertiary/aromatic N) is 4. The van der Waals surface area contributed by atoms with E-state index in [1.807, 2.05) is 10.9 Å². The van der Waals surface area contributed by atoms with Crippen molar-refractivity contribution in [2.24, 2.45) is 10.2 Å². The summed E-state index contributed by atoms with van der Waals surface area (Å²) in [5.74, 6) is -2.79. The Hall–Kier alpha value is -4.30.